The van der Waals surface area contributed by atoms with E-state index >= 15 is 0 Å². The summed E-state index contributed by atoms with van der Waals surface area (Å²) in [5, 5.41) is 0.972. The summed E-state index contributed by atoms with van der Waals surface area (Å²) in [7, 11) is 0. The fraction of sp³-hybridized carbons (Fsp3) is 0.500. The van der Waals surface area contributed by atoms with E-state index in [0.29, 0.717) is 5.92 Å². The molecular weight excluding hydrogens is 180 g/mol. The molecule has 0 atom stereocenters. The van der Waals surface area contributed by atoms with Gasteiger partial charge in [0.2, 0.25) is 0 Å². The molecule has 0 fully saturated rings. The van der Waals surface area contributed by atoms with Gasteiger partial charge in [0.25, 0.3) is 0 Å². The lowest BCUT2D eigenvalue weighted by atomic mass is 9.99. The van der Waals surface area contributed by atoms with Crippen LogP contribution in [0.1, 0.15) is 44.2 Å². The lowest BCUT2D eigenvalue weighted by Gasteiger charge is -2.11. The van der Waals surface area contributed by atoms with Crippen LogP contribution in [0.2, 0.25) is 5.02 Å². The summed E-state index contributed by atoms with van der Waals surface area (Å²) in [6, 6.07) is 6.34. The molecule has 0 nitrogen and oxygen atoms in total. The molecule has 0 bridgehead atoms. The van der Waals surface area contributed by atoms with Crippen molar-refractivity contribution in [3.63, 3.8) is 0 Å². The number of benzene rings is 1. The molecule has 0 aliphatic heterocycles. The molecule has 1 heteroatoms. The molecule has 0 amide bonds. The fourth-order valence-corrected chi connectivity index (χ4v) is 1.95. The highest BCUT2D eigenvalue weighted by atomic mass is 35.5. The predicted molar refractivity (Wildman–Crippen MR) is 59.5 cm³/mol. The second-order valence-electron chi connectivity index (χ2n) is 3.73. The molecule has 0 aromatic heterocycles. The second-order valence-corrected chi connectivity index (χ2v) is 4.10. The Balaban J connectivity index is 3.03. The van der Waals surface area contributed by atoms with Crippen LogP contribution in [0.5, 0.6) is 0 Å². The molecule has 1 aromatic carbocycles. The van der Waals surface area contributed by atoms with E-state index in [1.165, 1.54) is 11.1 Å². The van der Waals surface area contributed by atoms with Gasteiger partial charge >= 0.3 is 0 Å². The Bertz CT molecular complexity index is 276. The van der Waals surface area contributed by atoms with Crippen molar-refractivity contribution in [1.82, 2.24) is 0 Å². The van der Waals surface area contributed by atoms with Crippen LogP contribution in [0.25, 0.3) is 0 Å². The van der Waals surface area contributed by atoms with Crippen LogP contribution in [0.15, 0.2) is 18.2 Å². The van der Waals surface area contributed by atoms with Gasteiger partial charge in [-0.15, -0.1) is 0 Å². The summed E-state index contributed by atoms with van der Waals surface area (Å²) in [6.45, 7) is 6.53. The largest absolute Gasteiger partial charge is 0.0837 e. The number of aryl methyl sites for hydroxylation is 1. The molecule has 0 spiro atoms. The van der Waals surface area contributed by atoms with Crippen molar-refractivity contribution >= 4 is 11.6 Å². The maximum absolute atomic E-state index is 6.28. The van der Waals surface area contributed by atoms with Crippen LogP contribution < -0.4 is 0 Å². The zero-order chi connectivity index (χ0) is 9.84. The topological polar surface area (TPSA) is 0 Å². The highest BCUT2D eigenvalue weighted by Crippen LogP contribution is 2.27. The molecule has 0 unspecified atom stereocenters. The first kappa shape index (κ1) is 10.6. The van der Waals surface area contributed by atoms with Crippen molar-refractivity contribution in [2.45, 2.75) is 39.5 Å². The minimum absolute atomic E-state index is 0.518. The zero-order valence-corrected chi connectivity index (χ0v) is 9.36. The first-order chi connectivity index (χ1) is 6.16. The highest BCUT2D eigenvalue weighted by molar-refractivity contribution is 6.32. The molecule has 0 saturated heterocycles. The van der Waals surface area contributed by atoms with Crippen molar-refractivity contribution < 1.29 is 0 Å². The smallest absolute Gasteiger partial charge is 0.0472 e. The summed E-state index contributed by atoms with van der Waals surface area (Å²) in [4.78, 5) is 0. The van der Waals surface area contributed by atoms with Gasteiger partial charge in [-0.1, -0.05) is 57.0 Å². The Kier molecular flexibility index (Phi) is 3.80. The van der Waals surface area contributed by atoms with E-state index in [1.54, 1.807) is 0 Å². The van der Waals surface area contributed by atoms with Gasteiger partial charge < -0.3 is 0 Å². The van der Waals surface area contributed by atoms with E-state index in [-0.39, 0.29) is 0 Å². The Morgan fingerprint density at radius 3 is 2.54 bits per heavy atom. The van der Waals surface area contributed by atoms with E-state index in [2.05, 4.69) is 39.0 Å². The summed E-state index contributed by atoms with van der Waals surface area (Å²) in [5.74, 6) is 0.518. The lowest BCUT2D eigenvalue weighted by Crippen LogP contribution is -1.93. The van der Waals surface area contributed by atoms with Gasteiger partial charge in [-0.2, -0.15) is 0 Å². The molecule has 0 heterocycles. The molecule has 1 aromatic rings. The maximum Gasteiger partial charge on any atom is 0.0472 e. The molecule has 0 aliphatic rings. The predicted octanol–water partition coefficient (Wildman–Crippen LogP) is 4.42. The first-order valence-electron chi connectivity index (χ1n) is 4.94. The zero-order valence-electron chi connectivity index (χ0n) is 8.60. The highest BCUT2D eigenvalue weighted by Gasteiger charge is 2.07. The third kappa shape index (κ3) is 2.47. The number of halogens is 1. The van der Waals surface area contributed by atoms with E-state index in [9.17, 15) is 0 Å². The van der Waals surface area contributed by atoms with Crippen LogP contribution in [0.4, 0.5) is 0 Å². The van der Waals surface area contributed by atoms with E-state index in [4.69, 9.17) is 11.6 Å². The summed E-state index contributed by atoms with van der Waals surface area (Å²) in [5.41, 5.74) is 2.56. The van der Waals surface area contributed by atoms with Crippen molar-refractivity contribution in [1.29, 1.82) is 0 Å². The van der Waals surface area contributed by atoms with Gasteiger partial charge in [0.05, 0.1) is 0 Å². The summed E-state index contributed by atoms with van der Waals surface area (Å²) < 4.78 is 0. The standard InChI is InChI=1S/C12H17Cl/c1-4-6-10-7-5-8-11(9(2)3)12(10)13/h5,7-9H,4,6H2,1-3H3. The number of rotatable bonds is 3. The molecular formula is C12H17Cl. The maximum atomic E-state index is 6.28. The van der Waals surface area contributed by atoms with Crippen molar-refractivity contribution in [3.8, 4) is 0 Å². The second kappa shape index (κ2) is 4.66. The van der Waals surface area contributed by atoms with E-state index in [1.807, 2.05) is 0 Å². The average molecular weight is 197 g/mol. The number of hydrogen-bond donors (Lipinski definition) is 0. The summed E-state index contributed by atoms with van der Waals surface area (Å²) >= 11 is 6.28. The Morgan fingerprint density at radius 1 is 1.31 bits per heavy atom. The molecule has 72 valence electrons. The molecule has 1 rings (SSSR count). The quantitative estimate of drug-likeness (QED) is 0.672. The Morgan fingerprint density at radius 2 is 2.00 bits per heavy atom. The fourth-order valence-electron chi connectivity index (χ4n) is 1.51. The minimum atomic E-state index is 0.518. The Labute approximate surface area is 85.9 Å². The van der Waals surface area contributed by atoms with Crippen LogP contribution in [0.3, 0.4) is 0 Å². The van der Waals surface area contributed by atoms with E-state index in [0.717, 1.165) is 17.9 Å². The minimum Gasteiger partial charge on any atom is -0.0837 e. The van der Waals surface area contributed by atoms with Gasteiger partial charge in [0, 0.05) is 5.02 Å². The molecule has 0 aliphatic carbocycles. The van der Waals surface area contributed by atoms with Gasteiger partial charge in [-0.25, -0.2) is 0 Å². The monoisotopic (exact) mass is 196 g/mol. The molecule has 13 heavy (non-hydrogen) atoms. The number of hydrogen-bond acceptors (Lipinski definition) is 0. The molecule has 0 radical (unpaired) electrons. The summed E-state index contributed by atoms with van der Waals surface area (Å²) in [6.07, 6.45) is 2.24. The Hall–Kier alpha value is -0.490. The van der Waals surface area contributed by atoms with Crippen LogP contribution in [0, 0.1) is 0 Å². The first-order valence-corrected chi connectivity index (χ1v) is 5.31. The SMILES string of the molecule is CCCc1cccc(C(C)C)c1Cl. The molecule has 0 saturated carbocycles. The van der Waals surface area contributed by atoms with Crippen LogP contribution in [-0.2, 0) is 6.42 Å². The average Bonchev–Trinajstić information content (AvgIpc) is 2.08. The van der Waals surface area contributed by atoms with Gasteiger partial charge in [-0.05, 0) is 23.5 Å². The van der Waals surface area contributed by atoms with Crippen LogP contribution >= 0.6 is 11.6 Å². The van der Waals surface area contributed by atoms with E-state index < -0.39 is 0 Å². The van der Waals surface area contributed by atoms with Crippen molar-refractivity contribution in [2.24, 2.45) is 0 Å². The van der Waals surface area contributed by atoms with Gasteiger partial charge in [0.1, 0.15) is 0 Å². The van der Waals surface area contributed by atoms with Gasteiger partial charge in [0.15, 0.2) is 0 Å². The molecule has 0 N–H and O–H groups in total. The lowest BCUT2D eigenvalue weighted by molar-refractivity contribution is 0.854. The van der Waals surface area contributed by atoms with Gasteiger partial charge in [-0.3, -0.25) is 0 Å². The third-order valence-electron chi connectivity index (χ3n) is 2.25. The van der Waals surface area contributed by atoms with Crippen molar-refractivity contribution in [3.05, 3.63) is 34.3 Å². The van der Waals surface area contributed by atoms with Crippen molar-refractivity contribution in [2.75, 3.05) is 0 Å². The third-order valence-corrected chi connectivity index (χ3v) is 2.71. The normalized spacial score (nSPS) is 10.8. The van der Waals surface area contributed by atoms with Crippen LogP contribution in [-0.4, -0.2) is 0 Å².